The van der Waals surface area contributed by atoms with Gasteiger partial charge in [-0.2, -0.15) is 0 Å². The number of carbonyl (C=O) groups is 2. The molecule has 0 aromatic carbocycles. The molecule has 0 atom stereocenters. The molecule has 0 heterocycles. The van der Waals surface area contributed by atoms with Crippen LogP contribution in [0.4, 0.5) is 0 Å². The quantitative estimate of drug-likeness (QED) is 0.381. The minimum absolute atomic E-state index is 0.190. The van der Waals surface area contributed by atoms with E-state index in [0.717, 1.165) is 0 Å². The zero-order valence-electron chi connectivity index (χ0n) is 10.2. The maximum atomic E-state index is 11.2. The van der Waals surface area contributed by atoms with Crippen molar-refractivity contribution in [2.75, 3.05) is 13.2 Å². The van der Waals surface area contributed by atoms with Crippen LogP contribution in [-0.4, -0.2) is 25.2 Å². The summed E-state index contributed by atoms with van der Waals surface area (Å²) in [5.41, 5.74) is 0.589. The molecule has 0 aromatic rings. The molecular formula is C12H20O4. The largest absolute Gasteiger partial charge is 0.466 e. The minimum Gasteiger partial charge on any atom is -0.466 e. The van der Waals surface area contributed by atoms with Gasteiger partial charge in [0.05, 0.1) is 13.2 Å². The van der Waals surface area contributed by atoms with Crippen LogP contribution in [0.1, 0.15) is 40.0 Å². The van der Waals surface area contributed by atoms with Gasteiger partial charge in [0.25, 0.3) is 0 Å². The highest BCUT2D eigenvalue weighted by Crippen LogP contribution is 2.04. The highest BCUT2D eigenvalue weighted by atomic mass is 16.5. The van der Waals surface area contributed by atoms with Gasteiger partial charge in [0.15, 0.2) is 0 Å². The first-order valence-corrected chi connectivity index (χ1v) is 5.61. The molecule has 0 bridgehead atoms. The summed E-state index contributed by atoms with van der Waals surface area (Å²) in [5.74, 6) is -0.483. The van der Waals surface area contributed by atoms with Gasteiger partial charge in [-0.3, -0.25) is 4.79 Å². The standard InChI is InChI=1S/C12H20O4/c1-4-15-11(13)9-7-6-8-10(3)12(14)16-5-2/h8H,4-7,9H2,1-3H3/b10-8-. The fourth-order valence-electron chi connectivity index (χ4n) is 1.13. The van der Waals surface area contributed by atoms with E-state index >= 15 is 0 Å². The SMILES string of the molecule is CCOC(=O)CCC/C=C(/C)C(=O)OCC. The molecule has 0 N–H and O–H groups in total. The lowest BCUT2D eigenvalue weighted by Gasteiger charge is -2.02. The summed E-state index contributed by atoms with van der Waals surface area (Å²) in [4.78, 5) is 22.2. The maximum absolute atomic E-state index is 11.2. The zero-order chi connectivity index (χ0) is 12.4. The Labute approximate surface area is 96.6 Å². The van der Waals surface area contributed by atoms with Gasteiger partial charge in [-0.15, -0.1) is 0 Å². The molecule has 0 fully saturated rings. The Morgan fingerprint density at radius 1 is 1.12 bits per heavy atom. The molecule has 0 aliphatic carbocycles. The average Bonchev–Trinajstić information content (AvgIpc) is 2.24. The molecule has 4 nitrogen and oxygen atoms in total. The first-order chi connectivity index (χ1) is 7.61. The minimum atomic E-state index is -0.293. The highest BCUT2D eigenvalue weighted by Gasteiger charge is 2.04. The lowest BCUT2D eigenvalue weighted by atomic mass is 10.2. The number of rotatable bonds is 7. The number of ether oxygens (including phenoxy) is 2. The van der Waals surface area contributed by atoms with E-state index in [4.69, 9.17) is 9.47 Å². The number of hydrogen-bond donors (Lipinski definition) is 0. The Morgan fingerprint density at radius 3 is 2.31 bits per heavy atom. The van der Waals surface area contributed by atoms with Crippen LogP contribution in [0, 0.1) is 0 Å². The van der Waals surface area contributed by atoms with Gasteiger partial charge in [0.2, 0.25) is 0 Å². The number of carbonyl (C=O) groups excluding carboxylic acids is 2. The van der Waals surface area contributed by atoms with E-state index < -0.39 is 0 Å². The number of allylic oxidation sites excluding steroid dienone is 1. The normalized spacial score (nSPS) is 11.1. The molecule has 0 rings (SSSR count). The Kier molecular flexibility index (Phi) is 8.21. The third-order valence-electron chi connectivity index (χ3n) is 1.94. The van der Waals surface area contributed by atoms with Crippen LogP contribution >= 0.6 is 0 Å². The van der Waals surface area contributed by atoms with Crippen molar-refractivity contribution in [1.29, 1.82) is 0 Å². The maximum Gasteiger partial charge on any atom is 0.333 e. The highest BCUT2D eigenvalue weighted by molar-refractivity contribution is 5.87. The van der Waals surface area contributed by atoms with E-state index in [1.807, 2.05) is 0 Å². The summed E-state index contributed by atoms with van der Waals surface area (Å²) in [6.45, 7) is 6.06. The van der Waals surface area contributed by atoms with Gasteiger partial charge in [0, 0.05) is 12.0 Å². The van der Waals surface area contributed by atoms with Gasteiger partial charge < -0.3 is 9.47 Å². The van der Waals surface area contributed by atoms with Crippen molar-refractivity contribution in [3.63, 3.8) is 0 Å². The molecule has 0 aliphatic rings. The van der Waals surface area contributed by atoms with E-state index in [9.17, 15) is 9.59 Å². The van der Waals surface area contributed by atoms with Crippen LogP contribution in [0.25, 0.3) is 0 Å². The van der Waals surface area contributed by atoms with Crippen molar-refractivity contribution in [3.8, 4) is 0 Å². The second-order valence-corrected chi connectivity index (χ2v) is 3.30. The Balaban J connectivity index is 3.74. The molecule has 0 unspecified atom stereocenters. The van der Waals surface area contributed by atoms with Gasteiger partial charge >= 0.3 is 11.9 Å². The molecule has 16 heavy (non-hydrogen) atoms. The predicted molar refractivity (Wildman–Crippen MR) is 60.9 cm³/mol. The average molecular weight is 228 g/mol. The van der Waals surface area contributed by atoms with Crippen LogP contribution in [-0.2, 0) is 19.1 Å². The van der Waals surface area contributed by atoms with Crippen LogP contribution in [0.2, 0.25) is 0 Å². The first-order valence-electron chi connectivity index (χ1n) is 5.61. The van der Waals surface area contributed by atoms with Crippen molar-refractivity contribution in [2.45, 2.75) is 40.0 Å². The van der Waals surface area contributed by atoms with E-state index in [2.05, 4.69) is 0 Å². The second kappa shape index (κ2) is 8.95. The van der Waals surface area contributed by atoms with Gasteiger partial charge in [-0.05, 0) is 33.6 Å². The topological polar surface area (TPSA) is 52.6 Å². The molecular weight excluding hydrogens is 208 g/mol. The summed E-state index contributed by atoms with van der Waals surface area (Å²) < 4.78 is 9.61. The molecule has 0 aromatic heterocycles. The molecule has 0 radical (unpaired) electrons. The molecule has 0 amide bonds. The van der Waals surface area contributed by atoms with Gasteiger partial charge in [-0.25, -0.2) is 4.79 Å². The first kappa shape index (κ1) is 14.7. The lowest BCUT2D eigenvalue weighted by molar-refractivity contribution is -0.143. The van der Waals surface area contributed by atoms with E-state index in [0.29, 0.717) is 38.0 Å². The van der Waals surface area contributed by atoms with Crippen LogP contribution in [0.15, 0.2) is 11.6 Å². The lowest BCUT2D eigenvalue weighted by Crippen LogP contribution is -2.05. The van der Waals surface area contributed by atoms with E-state index in [-0.39, 0.29) is 11.9 Å². The predicted octanol–water partition coefficient (Wildman–Crippen LogP) is 2.23. The monoisotopic (exact) mass is 228 g/mol. The molecule has 0 saturated heterocycles. The third-order valence-corrected chi connectivity index (χ3v) is 1.94. The van der Waals surface area contributed by atoms with Gasteiger partial charge in [-0.1, -0.05) is 6.08 Å². The van der Waals surface area contributed by atoms with Crippen molar-refractivity contribution in [1.82, 2.24) is 0 Å². The molecule has 92 valence electrons. The van der Waals surface area contributed by atoms with Gasteiger partial charge in [0.1, 0.15) is 0 Å². The summed E-state index contributed by atoms with van der Waals surface area (Å²) in [6.07, 6.45) is 3.55. The fourth-order valence-corrected chi connectivity index (χ4v) is 1.13. The summed E-state index contributed by atoms with van der Waals surface area (Å²) in [7, 11) is 0. The van der Waals surface area contributed by atoms with E-state index in [1.54, 1.807) is 26.8 Å². The molecule has 0 saturated carbocycles. The van der Waals surface area contributed by atoms with Crippen molar-refractivity contribution < 1.29 is 19.1 Å². The fraction of sp³-hybridized carbons (Fsp3) is 0.667. The van der Waals surface area contributed by atoms with Crippen LogP contribution < -0.4 is 0 Å². The van der Waals surface area contributed by atoms with Crippen molar-refractivity contribution >= 4 is 11.9 Å². The van der Waals surface area contributed by atoms with E-state index in [1.165, 1.54) is 0 Å². The zero-order valence-corrected chi connectivity index (χ0v) is 10.2. The Morgan fingerprint density at radius 2 is 1.75 bits per heavy atom. The van der Waals surface area contributed by atoms with Crippen LogP contribution in [0.5, 0.6) is 0 Å². The second-order valence-electron chi connectivity index (χ2n) is 3.30. The molecule has 0 aliphatic heterocycles. The summed E-state index contributed by atoms with van der Waals surface area (Å²) in [5, 5.41) is 0. The van der Waals surface area contributed by atoms with Crippen molar-refractivity contribution in [2.24, 2.45) is 0 Å². The smallest absolute Gasteiger partial charge is 0.333 e. The number of esters is 2. The van der Waals surface area contributed by atoms with Crippen molar-refractivity contribution in [3.05, 3.63) is 11.6 Å². The third kappa shape index (κ3) is 7.04. The number of hydrogen-bond acceptors (Lipinski definition) is 4. The Bertz CT molecular complexity index is 256. The number of unbranched alkanes of at least 4 members (excludes halogenated alkanes) is 1. The van der Waals surface area contributed by atoms with Crippen LogP contribution in [0.3, 0.4) is 0 Å². The molecule has 4 heteroatoms. The summed E-state index contributed by atoms with van der Waals surface area (Å²) >= 11 is 0. The Hall–Kier alpha value is -1.32. The summed E-state index contributed by atoms with van der Waals surface area (Å²) in [6, 6.07) is 0. The molecule has 0 spiro atoms.